The van der Waals surface area contributed by atoms with Crippen molar-refractivity contribution in [3.05, 3.63) is 71.4 Å². The molecule has 30 heavy (non-hydrogen) atoms. The molecule has 0 spiro atoms. The number of halogens is 3. The molecule has 158 valence electrons. The zero-order valence-electron chi connectivity index (χ0n) is 16.1. The molecule has 2 aromatic carbocycles. The molecule has 1 heterocycles. The highest BCUT2D eigenvalue weighted by atomic mass is 32.2. The van der Waals surface area contributed by atoms with Crippen LogP contribution in [0.4, 0.5) is 13.2 Å². The normalized spacial score (nSPS) is 11.4. The first kappa shape index (κ1) is 21.7. The van der Waals surface area contributed by atoms with Crippen LogP contribution in [0, 0.1) is 6.92 Å². The molecule has 0 N–H and O–H groups in total. The van der Waals surface area contributed by atoms with Gasteiger partial charge in [-0.3, -0.25) is 4.79 Å². The number of amides is 1. The van der Waals surface area contributed by atoms with Crippen molar-refractivity contribution in [2.45, 2.75) is 30.5 Å². The van der Waals surface area contributed by atoms with Crippen LogP contribution >= 0.6 is 11.8 Å². The fraction of sp³-hybridized carbons (Fsp3) is 0.250. The van der Waals surface area contributed by atoms with Crippen LogP contribution in [0.15, 0.2) is 57.9 Å². The topological polar surface area (TPSA) is 68.5 Å². The maximum absolute atomic E-state index is 12.9. The molecule has 0 unspecified atom stereocenters. The molecule has 0 bridgehead atoms. The molecule has 6 nitrogen and oxygen atoms in total. The van der Waals surface area contributed by atoms with E-state index in [0.29, 0.717) is 28.6 Å². The number of ether oxygens (including phenoxy) is 1. The number of aryl methyl sites for hydroxylation is 1. The molecule has 0 aliphatic heterocycles. The van der Waals surface area contributed by atoms with Crippen molar-refractivity contribution in [3.63, 3.8) is 0 Å². The van der Waals surface area contributed by atoms with E-state index in [9.17, 15) is 18.0 Å². The number of carbonyl (C=O) groups excluding carboxylic acids is 1. The van der Waals surface area contributed by atoms with Crippen molar-refractivity contribution in [2.24, 2.45) is 0 Å². The summed E-state index contributed by atoms with van der Waals surface area (Å²) >= 11 is 1.42. The van der Waals surface area contributed by atoms with Crippen LogP contribution in [0.25, 0.3) is 0 Å². The maximum Gasteiger partial charge on any atom is 0.573 e. The molecule has 1 amide bonds. The number of benzene rings is 2. The molecular weight excluding hydrogens is 419 g/mol. The Labute approximate surface area is 175 Å². The van der Waals surface area contributed by atoms with Gasteiger partial charge in [0.1, 0.15) is 5.75 Å². The molecule has 3 aromatic rings. The maximum atomic E-state index is 12.9. The molecule has 0 fully saturated rings. The fourth-order valence-corrected chi connectivity index (χ4v) is 3.55. The van der Waals surface area contributed by atoms with E-state index in [0.717, 1.165) is 4.90 Å². The van der Waals surface area contributed by atoms with Gasteiger partial charge in [0, 0.05) is 25.4 Å². The van der Waals surface area contributed by atoms with E-state index in [2.05, 4.69) is 14.9 Å². The largest absolute Gasteiger partial charge is 0.573 e. The van der Waals surface area contributed by atoms with Crippen LogP contribution in [0.3, 0.4) is 0 Å². The quantitative estimate of drug-likeness (QED) is 0.493. The van der Waals surface area contributed by atoms with Crippen molar-refractivity contribution < 1.29 is 27.2 Å². The lowest BCUT2D eigenvalue weighted by atomic mass is 10.1. The van der Waals surface area contributed by atoms with Gasteiger partial charge in [0.25, 0.3) is 5.91 Å². The first-order chi connectivity index (χ1) is 14.2. The van der Waals surface area contributed by atoms with Crippen molar-refractivity contribution in [3.8, 4) is 5.75 Å². The van der Waals surface area contributed by atoms with E-state index in [1.807, 2.05) is 12.1 Å². The Morgan fingerprint density at radius 2 is 1.87 bits per heavy atom. The lowest BCUT2D eigenvalue weighted by Gasteiger charge is -2.19. The predicted octanol–water partition coefficient (Wildman–Crippen LogP) is 4.84. The Bertz CT molecular complexity index is 1010. The molecule has 0 radical (unpaired) electrons. The highest BCUT2D eigenvalue weighted by Crippen LogP contribution is 2.27. The molecule has 0 saturated heterocycles. The molecule has 3 rings (SSSR count). The number of hydrogen-bond acceptors (Lipinski definition) is 6. The second kappa shape index (κ2) is 9.21. The van der Waals surface area contributed by atoms with Gasteiger partial charge < -0.3 is 14.2 Å². The summed E-state index contributed by atoms with van der Waals surface area (Å²) < 4.78 is 45.6. The van der Waals surface area contributed by atoms with E-state index in [-0.39, 0.29) is 18.2 Å². The van der Waals surface area contributed by atoms with Gasteiger partial charge in [0.15, 0.2) is 5.82 Å². The lowest BCUT2D eigenvalue weighted by Crippen LogP contribution is -2.26. The van der Waals surface area contributed by atoms with Crippen LogP contribution in [0.1, 0.15) is 27.6 Å². The third-order valence-electron chi connectivity index (χ3n) is 3.97. The Morgan fingerprint density at radius 3 is 2.50 bits per heavy atom. The van der Waals surface area contributed by atoms with E-state index < -0.39 is 6.36 Å². The summed E-state index contributed by atoms with van der Waals surface area (Å²) in [5.74, 6) is 0.943. The van der Waals surface area contributed by atoms with E-state index >= 15 is 0 Å². The van der Waals surface area contributed by atoms with E-state index in [1.165, 1.54) is 40.9 Å². The van der Waals surface area contributed by atoms with Gasteiger partial charge in [-0.2, -0.15) is 4.98 Å². The Morgan fingerprint density at radius 1 is 1.17 bits per heavy atom. The van der Waals surface area contributed by atoms with Gasteiger partial charge >= 0.3 is 6.36 Å². The monoisotopic (exact) mass is 437 g/mol. The summed E-state index contributed by atoms with van der Waals surface area (Å²) in [6.07, 6.45) is -4.74. The average molecular weight is 437 g/mol. The molecule has 0 aliphatic rings. The number of nitrogens with zero attached hydrogens (tertiary/aromatic N) is 3. The molecule has 1 aromatic heterocycles. The summed E-state index contributed by atoms with van der Waals surface area (Å²) in [4.78, 5) is 19.3. The number of alkyl halides is 3. The number of hydrogen-bond donors (Lipinski definition) is 0. The van der Waals surface area contributed by atoms with Crippen LogP contribution in [-0.4, -0.2) is 34.4 Å². The average Bonchev–Trinajstić information content (AvgIpc) is 3.11. The molecule has 10 heteroatoms. The Kier molecular flexibility index (Phi) is 6.66. The SMILES string of the molecule is Cc1nc(CSc2ccccc2C(=O)N(C)Cc2ccc(OC(F)(F)F)cc2)no1. The zero-order chi connectivity index (χ0) is 21.7. The molecule has 0 saturated carbocycles. The van der Waals surface area contributed by atoms with E-state index in [1.54, 1.807) is 26.1 Å². The highest BCUT2D eigenvalue weighted by Gasteiger charge is 2.31. The molecule has 0 aliphatic carbocycles. The van der Waals surface area contributed by atoms with Crippen molar-refractivity contribution in [1.82, 2.24) is 15.0 Å². The summed E-state index contributed by atoms with van der Waals surface area (Å²) in [6, 6.07) is 12.6. The summed E-state index contributed by atoms with van der Waals surface area (Å²) in [5, 5.41) is 3.84. The van der Waals surface area contributed by atoms with Gasteiger partial charge in [-0.15, -0.1) is 24.9 Å². The number of rotatable bonds is 7. The number of aromatic nitrogens is 2. The van der Waals surface area contributed by atoms with Gasteiger partial charge in [0.05, 0.1) is 11.3 Å². The third kappa shape index (κ3) is 5.99. The predicted molar refractivity (Wildman–Crippen MR) is 104 cm³/mol. The summed E-state index contributed by atoms with van der Waals surface area (Å²) in [7, 11) is 1.63. The highest BCUT2D eigenvalue weighted by molar-refractivity contribution is 7.98. The first-order valence-corrected chi connectivity index (χ1v) is 9.81. The Hall–Kier alpha value is -3.01. The second-order valence-corrected chi connectivity index (χ2v) is 7.38. The second-order valence-electron chi connectivity index (χ2n) is 6.37. The number of carbonyl (C=O) groups is 1. The minimum atomic E-state index is -4.74. The Balaban J connectivity index is 1.65. The van der Waals surface area contributed by atoms with Crippen LogP contribution < -0.4 is 4.74 Å². The first-order valence-electron chi connectivity index (χ1n) is 8.82. The van der Waals surface area contributed by atoms with Crippen LogP contribution in [0.2, 0.25) is 0 Å². The third-order valence-corrected chi connectivity index (χ3v) is 5.04. The van der Waals surface area contributed by atoms with Crippen molar-refractivity contribution in [1.29, 1.82) is 0 Å². The van der Waals surface area contributed by atoms with Crippen molar-refractivity contribution in [2.75, 3.05) is 7.05 Å². The standard InChI is InChI=1S/C20H18F3N3O3S/c1-13-24-18(25-29-13)12-30-17-6-4-3-5-16(17)19(27)26(2)11-14-7-9-15(10-8-14)28-20(21,22)23/h3-10H,11-12H2,1-2H3. The minimum absolute atomic E-state index is 0.210. The van der Waals surface area contributed by atoms with Crippen LogP contribution in [0.5, 0.6) is 5.75 Å². The summed E-state index contributed by atoms with van der Waals surface area (Å²) in [5.41, 5.74) is 1.19. The summed E-state index contributed by atoms with van der Waals surface area (Å²) in [6.45, 7) is 1.93. The molecule has 0 atom stereocenters. The number of thioether (sulfide) groups is 1. The van der Waals surface area contributed by atoms with Crippen LogP contribution in [-0.2, 0) is 12.3 Å². The molecular formula is C20H18F3N3O3S. The van der Waals surface area contributed by atoms with Gasteiger partial charge in [0.2, 0.25) is 5.89 Å². The fourth-order valence-electron chi connectivity index (χ4n) is 2.66. The van der Waals surface area contributed by atoms with E-state index in [4.69, 9.17) is 4.52 Å². The minimum Gasteiger partial charge on any atom is -0.406 e. The van der Waals surface area contributed by atoms with Gasteiger partial charge in [-0.25, -0.2) is 0 Å². The van der Waals surface area contributed by atoms with Crippen molar-refractivity contribution >= 4 is 17.7 Å². The lowest BCUT2D eigenvalue weighted by molar-refractivity contribution is -0.274. The van der Waals surface area contributed by atoms with Gasteiger partial charge in [-0.05, 0) is 29.8 Å². The smallest absolute Gasteiger partial charge is 0.406 e. The van der Waals surface area contributed by atoms with Gasteiger partial charge in [-0.1, -0.05) is 29.4 Å². The zero-order valence-corrected chi connectivity index (χ0v) is 17.0.